The summed E-state index contributed by atoms with van der Waals surface area (Å²) in [5.74, 6) is 1.16. The van der Waals surface area contributed by atoms with Crippen LogP contribution in [-0.4, -0.2) is 33.3 Å². The average Bonchev–Trinajstić information content (AvgIpc) is 2.35. The van der Waals surface area contributed by atoms with Gasteiger partial charge in [-0.05, 0) is 26.7 Å². The van der Waals surface area contributed by atoms with Gasteiger partial charge in [-0.2, -0.15) is 4.98 Å². The lowest BCUT2D eigenvalue weighted by Gasteiger charge is -2.11. The van der Waals surface area contributed by atoms with Gasteiger partial charge in [-0.15, -0.1) is 0 Å². The highest BCUT2D eigenvalue weighted by Gasteiger charge is 2.14. The van der Waals surface area contributed by atoms with E-state index < -0.39 is 0 Å². The molecule has 0 saturated heterocycles. The molecule has 2 rings (SSSR count). The highest BCUT2D eigenvalue weighted by atomic mass is 35.5. The lowest BCUT2D eigenvalue weighted by atomic mass is 10.1. The minimum absolute atomic E-state index is 0.104. The second-order valence-electron chi connectivity index (χ2n) is 4.12. The summed E-state index contributed by atoms with van der Waals surface area (Å²) in [6.45, 7) is 4.34. The molecule has 0 spiro atoms. The fraction of sp³-hybridized carbons (Fsp3) is 0.462. The van der Waals surface area contributed by atoms with Gasteiger partial charge in [-0.1, -0.05) is 11.6 Å². The summed E-state index contributed by atoms with van der Waals surface area (Å²) >= 11 is 6.01. The second-order valence-corrected chi connectivity index (χ2v) is 4.51. The first-order chi connectivity index (χ1) is 9.15. The van der Waals surface area contributed by atoms with Crippen molar-refractivity contribution in [1.29, 1.82) is 0 Å². The molecule has 0 aliphatic heterocycles. The average molecular weight is 282 g/mol. The fourth-order valence-electron chi connectivity index (χ4n) is 1.94. The maximum Gasteiger partial charge on any atom is 0.226 e. The highest BCUT2D eigenvalue weighted by molar-refractivity contribution is 6.30. The number of aliphatic hydroxyl groups is 1. The smallest absolute Gasteiger partial charge is 0.226 e. The van der Waals surface area contributed by atoms with Crippen molar-refractivity contribution in [2.24, 2.45) is 0 Å². The molecular weight excluding hydrogens is 266 g/mol. The second kappa shape index (κ2) is 6.12. The van der Waals surface area contributed by atoms with Crippen LogP contribution in [0.25, 0.3) is 10.9 Å². The number of aryl methyl sites for hydroxylation is 2. The van der Waals surface area contributed by atoms with Crippen LogP contribution in [0.15, 0.2) is 6.07 Å². The van der Waals surface area contributed by atoms with E-state index in [0.717, 1.165) is 16.6 Å². The van der Waals surface area contributed by atoms with Crippen molar-refractivity contribution >= 4 is 22.5 Å². The maximum atomic E-state index is 8.96. The number of rotatable bonds is 5. The number of halogens is 1. The minimum Gasteiger partial charge on any atom is -0.477 e. The van der Waals surface area contributed by atoms with Crippen LogP contribution in [0.2, 0.25) is 5.15 Å². The summed E-state index contributed by atoms with van der Waals surface area (Å²) < 4.78 is 5.56. The Hall–Kier alpha value is -1.46. The zero-order valence-electron chi connectivity index (χ0n) is 11.0. The largest absolute Gasteiger partial charge is 0.477 e. The van der Waals surface area contributed by atoms with Crippen LogP contribution in [0.5, 0.6) is 5.88 Å². The third kappa shape index (κ3) is 3.11. The molecule has 6 heteroatoms. The Bertz CT molecular complexity index is 584. The van der Waals surface area contributed by atoms with Crippen LogP contribution in [0.4, 0.5) is 0 Å². The van der Waals surface area contributed by atoms with Gasteiger partial charge >= 0.3 is 0 Å². The fourth-order valence-corrected chi connectivity index (χ4v) is 2.15. The monoisotopic (exact) mass is 281 g/mol. The number of hydrogen-bond acceptors (Lipinski definition) is 5. The van der Waals surface area contributed by atoms with Crippen molar-refractivity contribution in [2.75, 3.05) is 13.2 Å². The summed E-state index contributed by atoms with van der Waals surface area (Å²) in [6.07, 6.45) is 1.22. The van der Waals surface area contributed by atoms with Crippen molar-refractivity contribution in [3.05, 3.63) is 22.7 Å². The molecule has 0 atom stereocenters. The Balaban J connectivity index is 2.64. The van der Waals surface area contributed by atoms with E-state index in [-0.39, 0.29) is 6.61 Å². The molecule has 0 amide bonds. The molecule has 0 aliphatic rings. The van der Waals surface area contributed by atoms with Gasteiger partial charge in [-0.25, -0.2) is 9.97 Å². The van der Waals surface area contributed by atoms with Gasteiger partial charge < -0.3 is 9.84 Å². The van der Waals surface area contributed by atoms with Crippen LogP contribution >= 0.6 is 11.6 Å². The molecule has 2 aromatic rings. The Morgan fingerprint density at radius 2 is 2.11 bits per heavy atom. The van der Waals surface area contributed by atoms with Gasteiger partial charge in [0.05, 0.1) is 23.2 Å². The molecule has 19 heavy (non-hydrogen) atoms. The molecule has 5 nitrogen and oxygen atoms in total. The van der Waals surface area contributed by atoms with Crippen LogP contribution in [0.3, 0.4) is 0 Å². The van der Waals surface area contributed by atoms with E-state index in [1.807, 2.05) is 13.8 Å². The molecule has 2 heterocycles. The van der Waals surface area contributed by atoms with Gasteiger partial charge in [0.1, 0.15) is 11.0 Å². The first kappa shape index (κ1) is 14.0. The number of ether oxygens (including phenoxy) is 1. The first-order valence-electron chi connectivity index (χ1n) is 6.23. The Kier molecular flexibility index (Phi) is 4.50. The number of aliphatic hydroxyl groups excluding tert-OH is 1. The SMILES string of the molecule is CCOc1nc(C)nc2cc(Cl)nc(CCCO)c12. The Morgan fingerprint density at radius 1 is 1.32 bits per heavy atom. The van der Waals surface area contributed by atoms with E-state index in [2.05, 4.69) is 15.0 Å². The molecule has 0 unspecified atom stereocenters. The first-order valence-corrected chi connectivity index (χ1v) is 6.61. The predicted molar refractivity (Wildman–Crippen MR) is 73.7 cm³/mol. The van der Waals surface area contributed by atoms with E-state index in [0.29, 0.717) is 36.3 Å². The molecule has 2 aromatic heterocycles. The van der Waals surface area contributed by atoms with Gasteiger partial charge in [-0.3, -0.25) is 0 Å². The van der Waals surface area contributed by atoms with Crippen molar-refractivity contribution in [2.45, 2.75) is 26.7 Å². The third-order valence-corrected chi connectivity index (χ3v) is 2.85. The van der Waals surface area contributed by atoms with E-state index >= 15 is 0 Å². The van der Waals surface area contributed by atoms with Crippen LogP contribution in [0.1, 0.15) is 24.9 Å². The zero-order chi connectivity index (χ0) is 13.8. The topological polar surface area (TPSA) is 68.1 Å². The van der Waals surface area contributed by atoms with Crippen molar-refractivity contribution in [1.82, 2.24) is 15.0 Å². The maximum absolute atomic E-state index is 8.96. The lowest BCUT2D eigenvalue weighted by Crippen LogP contribution is -2.03. The predicted octanol–water partition coefficient (Wildman–Crippen LogP) is 2.31. The van der Waals surface area contributed by atoms with E-state index in [1.54, 1.807) is 6.07 Å². The summed E-state index contributed by atoms with van der Waals surface area (Å²) in [6, 6.07) is 1.70. The van der Waals surface area contributed by atoms with Gasteiger partial charge in [0.15, 0.2) is 0 Å². The summed E-state index contributed by atoms with van der Waals surface area (Å²) in [5, 5.41) is 10.1. The Labute approximate surface area is 116 Å². The molecule has 0 saturated carbocycles. The van der Waals surface area contributed by atoms with Gasteiger partial charge in [0.2, 0.25) is 5.88 Å². The third-order valence-electron chi connectivity index (χ3n) is 2.65. The summed E-state index contributed by atoms with van der Waals surface area (Å²) in [7, 11) is 0. The molecular formula is C13H16ClN3O2. The molecule has 1 N–H and O–H groups in total. The van der Waals surface area contributed by atoms with Crippen molar-refractivity contribution in [3.8, 4) is 5.88 Å². The molecule has 0 aliphatic carbocycles. The summed E-state index contributed by atoms with van der Waals surface area (Å²) in [4.78, 5) is 13.0. The quantitative estimate of drug-likeness (QED) is 0.852. The van der Waals surface area contributed by atoms with E-state index in [9.17, 15) is 0 Å². The standard InChI is InChI=1S/C13H16ClN3O2/c1-3-19-13-12-9(5-4-6-18)17-11(14)7-10(12)15-8(2)16-13/h7,18H,3-6H2,1-2H3. The minimum atomic E-state index is 0.104. The van der Waals surface area contributed by atoms with E-state index in [1.165, 1.54) is 0 Å². The molecule has 0 fully saturated rings. The molecule has 0 aromatic carbocycles. The highest BCUT2D eigenvalue weighted by Crippen LogP contribution is 2.28. The molecule has 102 valence electrons. The number of nitrogens with zero attached hydrogens (tertiary/aromatic N) is 3. The van der Waals surface area contributed by atoms with Crippen LogP contribution in [0, 0.1) is 6.92 Å². The van der Waals surface area contributed by atoms with Crippen molar-refractivity contribution in [3.63, 3.8) is 0 Å². The van der Waals surface area contributed by atoms with Crippen LogP contribution in [-0.2, 0) is 6.42 Å². The Morgan fingerprint density at radius 3 is 2.79 bits per heavy atom. The zero-order valence-corrected chi connectivity index (χ0v) is 11.7. The van der Waals surface area contributed by atoms with E-state index in [4.69, 9.17) is 21.4 Å². The van der Waals surface area contributed by atoms with Crippen molar-refractivity contribution < 1.29 is 9.84 Å². The summed E-state index contributed by atoms with van der Waals surface area (Å²) in [5.41, 5.74) is 1.49. The number of hydrogen-bond donors (Lipinski definition) is 1. The normalized spacial score (nSPS) is 10.9. The molecule has 0 radical (unpaired) electrons. The number of pyridine rings is 1. The van der Waals surface area contributed by atoms with Gasteiger partial charge in [0, 0.05) is 12.7 Å². The van der Waals surface area contributed by atoms with Gasteiger partial charge in [0.25, 0.3) is 0 Å². The number of fused-ring (bicyclic) bond motifs is 1. The molecule has 0 bridgehead atoms. The van der Waals surface area contributed by atoms with Crippen LogP contribution < -0.4 is 4.74 Å². The lowest BCUT2D eigenvalue weighted by molar-refractivity contribution is 0.288. The number of aromatic nitrogens is 3.